The van der Waals surface area contributed by atoms with Crippen molar-refractivity contribution in [3.05, 3.63) is 35.0 Å². The Hall–Kier alpha value is -1.95. The molecule has 0 saturated heterocycles. The Kier molecular flexibility index (Phi) is 3.80. The van der Waals surface area contributed by atoms with Gasteiger partial charge in [0.25, 0.3) is 5.91 Å². The summed E-state index contributed by atoms with van der Waals surface area (Å²) in [6.07, 6.45) is 0.306. The summed E-state index contributed by atoms with van der Waals surface area (Å²) in [5, 5.41) is 12.1. The minimum absolute atomic E-state index is 0.306. The number of hydrogen-bond donors (Lipinski definition) is 2. The van der Waals surface area contributed by atoms with Crippen molar-refractivity contribution in [2.75, 3.05) is 0 Å². The summed E-state index contributed by atoms with van der Waals surface area (Å²) in [5.74, 6) is -1.88. The van der Waals surface area contributed by atoms with Crippen molar-refractivity contribution in [1.82, 2.24) is 5.32 Å². The smallest absolute Gasteiger partial charge is 0.326 e. The first kappa shape index (κ1) is 13.5. The van der Waals surface area contributed by atoms with E-state index in [0.717, 1.165) is 16.7 Å². The van der Waals surface area contributed by atoms with Crippen LogP contribution in [0.1, 0.15) is 23.0 Å². The number of carboxylic acids is 1. The second-order valence-corrected chi connectivity index (χ2v) is 5.15. The predicted molar refractivity (Wildman–Crippen MR) is 71.0 cm³/mol. The number of halogens is 1. The van der Waals surface area contributed by atoms with Gasteiger partial charge in [-0.05, 0) is 30.0 Å². The summed E-state index contributed by atoms with van der Waals surface area (Å²) in [7, 11) is 0. The van der Waals surface area contributed by atoms with Gasteiger partial charge in [-0.2, -0.15) is 0 Å². The molecule has 2 N–H and O–H groups in total. The van der Waals surface area contributed by atoms with E-state index in [9.17, 15) is 14.0 Å². The normalized spacial score (nSPS) is 12.3. The Morgan fingerprint density at radius 3 is 2.79 bits per heavy atom. The lowest BCUT2D eigenvalue weighted by Gasteiger charge is -2.10. The topological polar surface area (TPSA) is 66.4 Å². The fourth-order valence-corrected chi connectivity index (χ4v) is 2.68. The van der Waals surface area contributed by atoms with Crippen LogP contribution in [0.3, 0.4) is 0 Å². The molecule has 0 aliphatic carbocycles. The van der Waals surface area contributed by atoms with Gasteiger partial charge >= 0.3 is 5.97 Å². The Morgan fingerprint density at radius 2 is 2.16 bits per heavy atom. The molecule has 1 aromatic carbocycles. The van der Waals surface area contributed by atoms with Crippen LogP contribution in [0.2, 0.25) is 0 Å². The summed E-state index contributed by atoms with van der Waals surface area (Å²) in [6.45, 7) is 1.68. The number of carbonyl (C=O) groups is 2. The first-order chi connectivity index (χ1) is 9.01. The highest BCUT2D eigenvalue weighted by Crippen LogP contribution is 2.26. The van der Waals surface area contributed by atoms with E-state index < -0.39 is 17.9 Å². The number of carboxylic acid groups (broad SMARTS) is 1. The van der Waals surface area contributed by atoms with E-state index in [1.165, 1.54) is 12.1 Å². The van der Waals surface area contributed by atoms with Crippen LogP contribution >= 0.6 is 11.3 Å². The molecule has 0 spiro atoms. The van der Waals surface area contributed by atoms with Crippen molar-refractivity contribution < 1.29 is 19.1 Å². The van der Waals surface area contributed by atoms with Crippen LogP contribution in [0.25, 0.3) is 10.1 Å². The second kappa shape index (κ2) is 5.36. The fourth-order valence-electron chi connectivity index (χ4n) is 1.68. The van der Waals surface area contributed by atoms with Crippen molar-refractivity contribution >= 4 is 33.3 Å². The first-order valence-electron chi connectivity index (χ1n) is 5.74. The van der Waals surface area contributed by atoms with Crippen LogP contribution in [0, 0.1) is 5.82 Å². The number of rotatable bonds is 4. The van der Waals surface area contributed by atoms with E-state index >= 15 is 0 Å². The summed E-state index contributed by atoms with van der Waals surface area (Å²) in [4.78, 5) is 23.1. The average Bonchev–Trinajstić information content (AvgIpc) is 2.78. The van der Waals surface area contributed by atoms with Crippen LogP contribution in [-0.4, -0.2) is 23.0 Å². The molecule has 19 heavy (non-hydrogen) atoms. The number of hydrogen-bond acceptors (Lipinski definition) is 3. The minimum Gasteiger partial charge on any atom is -0.480 e. The van der Waals surface area contributed by atoms with Gasteiger partial charge in [0.2, 0.25) is 0 Å². The maximum Gasteiger partial charge on any atom is 0.326 e. The SMILES string of the molecule is CCC(NC(=O)c1cc2ccc(F)cc2s1)C(=O)O. The summed E-state index contributed by atoms with van der Waals surface area (Å²) in [5.41, 5.74) is 0. The molecule has 100 valence electrons. The van der Waals surface area contributed by atoms with Gasteiger partial charge in [-0.15, -0.1) is 11.3 Å². The second-order valence-electron chi connectivity index (χ2n) is 4.07. The van der Waals surface area contributed by atoms with Crippen molar-refractivity contribution in [2.24, 2.45) is 0 Å². The third kappa shape index (κ3) is 2.90. The van der Waals surface area contributed by atoms with E-state index in [0.29, 0.717) is 16.0 Å². The molecule has 1 aromatic heterocycles. The van der Waals surface area contributed by atoms with Gasteiger partial charge < -0.3 is 10.4 Å². The number of aliphatic carboxylic acids is 1. The highest BCUT2D eigenvalue weighted by atomic mass is 32.1. The van der Waals surface area contributed by atoms with Crippen LogP contribution in [0.4, 0.5) is 4.39 Å². The number of fused-ring (bicyclic) bond motifs is 1. The fraction of sp³-hybridized carbons (Fsp3) is 0.231. The molecule has 0 aliphatic rings. The number of thiophene rings is 1. The minimum atomic E-state index is -1.07. The Balaban J connectivity index is 2.24. The van der Waals surface area contributed by atoms with Gasteiger partial charge in [0.05, 0.1) is 4.88 Å². The van der Waals surface area contributed by atoms with Crippen LogP contribution in [-0.2, 0) is 4.79 Å². The maximum atomic E-state index is 13.0. The van der Waals surface area contributed by atoms with Gasteiger partial charge in [0.15, 0.2) is 0 Å². The molecule has 0 fully saturated rings. The zero-order valence-electron chi connectivity index (χ0n) is 10.1. The molecule has 1 unspecified atom stereocenters. The lowest BCUT2D eigenvalue weighted by atomic mass is 10.2. The molecule has 6 heteroatoms. The van der Waals surface area contributed by atoms with Crippen molar-refractivity contribution in [3.8, 4) is 0 Å². The summed E-state index contributed by atoms with van der Waals surface area (Å²) >= 11 is 1.14. The molecular weight excluding hydrogens is 269 g/mol. The van der Waals surface area contributed by atoms with E-state index in [4.69, 9.17) is 5.11 Å². The highest BCUT2D eigenvalue weighted by molar-refractivity contribution is 7.20. The van der Waals surface area contributed by atoms with Crippen molar-refractivity contribution in [1.29, 1.82) is 0 Å². The van der Waals surface area contributed by atoms with Gasteiger partial charge in [-0.3, -0.25) is 4.79 Å². The number of nitrogens with one attached hydrogen (secondary N) is 1. The maximum absolute atomic E-state index is 13.0. The summed E-state index contributed by atoms with van der Waals surface area (Å²) in [6, 6.07) is 4.98. The standard InChI is InChI=1S/C13H12FNO3S/c1-2-9(13(17)18)15-12(16)11-5-7-3-4-8(14)6-10(7)19-11/h3-6,9H,2H2,1H3,(H,15,16)(H,17,18). The third-order valence-electron chi connectivity index (χ3n) is 2.72. The van der Waals surface area contributed by atoms with Crippen LogP contribution < -0.4 is 5.32 Å². The molecule has 2 aromatic rings. The predicted octanol–water partition coefficient (Wildman–Crippen LogP) is 2.63. The lowest BCUT2D eigenvalue weighted by Crippen LogP contribution is -2.39. The van der Waals surface area contributed by atoms with Gasteiger partial charge in [-0.1, -0.05) is 13.0 Å². The van der Waals surface area contributed by atoms with Gasteiger partial charge in [0, 0.05) is 4.70 Å². The van der Waals surface area contributed by atoms with Crippen molar-refractivity contribution in [3.63, 3.8) is 0 Å². The van der Waals surface area contributed by atoms with E-state index in [2.05, 4.69) is 5.32 Å². The molecule has 0 radical (unpaired) electrons. The zero-order valence-corrected chi connectivity index (χ0v) is 11.0. The Labute approximate surface area is 112 Å². The molecule has 1 atom stereocenters. The number of benzene rings is 1. The first-order valence-corrected chi connectivity index (χ1v) is 6.55. The molecule has 1 heterocycles. The highest BCUT2D eigenvalue weighted by Gasteiger charge is 2.19. The lowest BCUT2D eigenvalue weighted by molar-refractivity contribution is -0.139. The monoisotopic (exact) mass is 281 g/mol. The van der Waals surface area contributed by atoms with Crippen molar-refractivity contribution in [2.45, 2.75) is 19.4 Å². The molecule has 0 aliphatic heterocycles. The Morgan fingerprint density at radius 1 is 1.42 bits per heavy atom. The third-order valence-corrected chi connectivity index (χ3v) is 3.81. The molecular formula is C13H12FNO3S. The Bertz CT molecular complexity index is 638. The molecule has 2 rings (SSSR count). The summed E-state index contributed by atoms with van der Waals surface area (Å²) < 4.78 is 13.7. The van der Waals surface area contributed by atoms with E-state index in [1.54, 1.807) is 19.1 Å². The van der Waals surface area contributed by atoms with Gasteiger partial charge in [0.1, 0.15) is 11.9 Å². The van der Waals surface area contributed by atoms with Crippen LogP contribution in [0.15, 0.2) is 24.3 Å². The average molecular weight is 281 g/mol. The number of amides is 1. The van der Waals surface area contributed by atoms with E-state index in [-0.39, 0.29) is 5.82 Å². The quantitative estimate of drug-likeness (QED) is 0.905. The van der Waals surface area contributed by atoms with Gasteiger partial charge in [-0.25, -0.2) is 9.18 Å². The molecule has 4 nitrogen and oxygen atoms in total. The molecule has 0 saturated carbocycles. The molecule has 0 bridgehead atoms. The molecule has 1 amide bonds. The largest absolute Gasteiger partial charge is 0.480 e. The van der Waals surface area contributed by atoms with Crippen LogP contribution in [0.5, 0.6) is 0 Å². The zero-order chi connectivity index (χ0) is 14.0. The van der Waals surface area contributed by atoms with E-state index in [1.807, 2.05) is 0 Å². The number of carbonyl (C=O) groups excluding carboxylic acids is 1.